The molecule has 4 rings (SSSR count). The van der Waals surface area contributed by atoms with Gasteiger partial charge in [0.2, 0.25) is 0 Å². The number of hydrogen-bond donors (Lipinski definition) is 0. The molecule has 4 aliphatic carbocycles. The first-order valence-corrected chi connectivity index (χ1v) is 9.47. The van der Waals surface area contributed by atoms with Crippen molar-refractivity contribution in [1.82, 2.24) is 0 Å². The van der Waals surface area contributed by atoms with Crippen LogP contribution < -0.4 is 0 Å². The van der Waals surface area contributed by atoms with E-state index in [9.17, 15) is 4.79 Å². The summed E-state index contributed by atoms with van der Waals surface area (Å²) < 4.78 is 0. The number of carbonyl (C=O) groups excluding carboxylic acids is 1. The van der Waals surface area contributed by atoms with E-state index in [4.69, 9.17) is 6.42 Å². The summed E-state index contributed by atoms with van der Waals surface area (Å²) in [5.41, 5.74) is 0.843. The summed E-state index contributed by atoms with van der Waals surface area (Å²) in [7, 11) is 0. The SMILES string of the molecule is C#CC1CCC2C3CCC4CC(=O)CCC4(C)C3CCC12C. The van der Waals surface area contributed by atoms with Crippen molar-refractivity contribution in [3.8, 4) is 12.3 Å². The van der Waals surface area contributed by atoms with Crippen molar-refractivity contribution in [2.24, 2.45) is 40.4 Å². The molecule has 22 heavy (non-hydrogen) atoms. The molecule has 7 unspecified atom stereocenters. The first kappa shape index (κ1) is 14.8. The predicted octanol–water partition coefficient (Wildman–Crippen LogP) is 4.85. The molecule has 120 valence electrons. The zero-order chi connectivity index (χ0) is 15.5. The Bertz CT molecular complexity index is 529. The number of fused-ring (bicyclic) bond motifs is 5. The van der Waals surface area contributed by atoms with Crippen molar-refractivity contribution in [2.45, 2.75) is 71.6 Å². The molecule has 4 fully saturated rings. The Morgan fingerprint density at radius 3 is 2.55 bits per heavy atom. The van der Waals surface area contributed by atoms with Crippen LogP contribution in [0, 0.1) is 52.8 Å². The fourth-order valence-corrected chi connectivity index (χ4v) is 7.32. The van der Waals surface area contributed by atoms with Crippen LogP contribution in [0.5, 0.6) is 0 Å². The van der Waals surface area contributed by atoms with Crippen LogP contribution >= 0.6 is 0 Å². The molecule has 7 atom stereocenters. The van der Waals surface area contributed by atoms with Gasteiger partial charge in [0, 0.05) is 18.8 Å². The molecular formula is C21H30O. The lowest BCUT2D eigenvalue weighted by atomic mass is 9.45. The molecule has 4 saturated carbocycles. The van der Waals surface area contributed by atoms with Crippen LogP contribution in [0.15, 0.2) is 0 Å². The van der Waals surface area contributed by atoms with E-state index in [-0.39, 0.29) is 0 Å². The molecule has 0 amide bonds. The summed E-state index contributed by atoms with van der Waals surface area (Å²) in [5.74, 6) is 7.42. The van der Waals surface area contributed by atoms with Gasteiger partial charge >= 0.3 is 0 Å². The summed E-state index contributed by atoms with van der Waals surface area (Å²) in [4.78, 5) is 11.9. The molecule has 0 heterocycles. The number of carbonyl (C=O) groups is 1. The highest BCUT2D eigenvalue weighted by Crippen LogP contribution is 2.67. The summed E-state index contributed by atoms with van der Waals surface area (Å²) in [5, 5.41) is 0. The van der Waals surface area contributed by atoms with Crippen molar-refractivity contribution >= 4 is 5.78 Å². The third kappa shape index (κ3) is 1.82. The maximum absolute atomic E-state index is 11.9. The Morgan fingerprint density at radius 2 is 1.77 bits per heavy atom. The van der Waals surface area contributed by atoms with Gasteiger partial charge in [0.15, 0.2) is 0 Å². The molecule has 0 N–H and O–H groups in total. The van der Waals surface area contributed by atoms with Gasteiger partial charge in [0.1, 0.15) is 5.78 Å². The van der Waals surface area contributed by atoms with Crippen LogP contribution in [-0.2, 0) is 4.79 Å². The van der Waals surface area contributed by atoms with Crippen LogP contribution in [0.1, 0.15) is 71.6 Å². The second kappa shape index (κ2) is 4.86. The van der Waals surface area contributed by atoms with E-state index in [1.54, 1.807) is 0 Å². The van der Waals surface area contributed by atoms with Crippen LogP contribution in [0.25, 0.3) is 0 Å². The minimum Gasteiger partial charge on any atom is -0.300 e. The molecule has 0 aromatic rings. The van der Waals surface area contributed by atoms with Gasteiger partial charge in [-0.05, 0) is 79.4 Å². The number of terminal acetylenes is 1. The molecule has 0 aromatic heterocycles. The van der Waals surface area contributed by atoms with E-state index < -0.39 is 0 Å². The summed E-state index contributed by atoms with van der Waals surface area (Å²) >= 11 is 0. The Labute approximate surface area is 135 Å². The molecular weight excluding hydrogens is 268 g/mol. The normalized spacial score (nSPS) is 54.0. The van der Waals surface area contributed by atoms with Gasteiger partial charge in [0.05, 0.1) is 0 Å². The standard InChI is InChI=1S/C21H30O/c1-4-14-6-8-18-17-7-5-15-13-16(22)9-11-21(15,3)19(17)10-12-20(14,18)2/h1,14-15,17-19H,5-13H2,2-3H3. The first-order valence-electron chi connectivity index (χ1n) is 9.47. The Balaban J connectivity index is 1.64. The van der Waals surface area contributed by atoms with Crippen molar-refractivity contribution in [2.75, 3.05) is 0 Å². The zero-order valence-electron chi connectivity index (χ0n) is 14.2. The molecule has 0 aliphatic heterocycles. The van der Waals surface area contributed by atoms with Crippen molar-refractivity contribution in [3.05, 3.63) is 0 Å². The van der Waals surface area contributed by atoms with Gasteiger partial charge in [-0.1, -0.05) is 13.8 Å². The number of Topliss-reactive ketones (excluding diaryl/α,β-unsaturated/α-hetero) is 1. The van der Waals surface area contributed by atoms with Crippen LogP contribution in [0.4, 0.5) is 0 Å². The predicted molar refractivity (Wildman–Crippen MR) is 89.1 cm³/mol. The number of hydrogen-bond acceptors (Lipinski definition) is 1. The fourth-order valence-electron chi connectivity index (χ4n) is 7.32. The molecule has 4 aliphatic rings. The minimum absolute atomic E-state index is 0.406. The van der Waals surface area contributed by atoms with E-state index in [1.165, 1.54) is 38.5 Å². The average molecular weight is 298 g/mol. The van der Waals surface area contributed by atoms with Gasteiger partial charge in [-0.2, -0.15) is 0 Å². The Kier molecular flexibility index (Phi) is 3.27. The number of ketones is 1. The molecule has 1 nitrogen and oxygen atoms in total. The fraction of sp³-hybridized carbons (Fsp3) is 0.857. The van der Waals surface area contributed by atoms with Crippen molar-refractivity contribution in [3.63, 3.8) is 0 Å². The average Bonchev–Trinajstić information content (AvgIpc) is 2.84. The van der Waals surface area contributed by atoms with E-state index in [0.29, 0.717) is 28.4 Å². The maximum Gasteiger partial charge on any atom is 0.133 e. The van der Waals surface area contributed by atoms with Crippen LogP contribution in [0.2, 0.25) is 0 Å². The second-order valence-corrected chi connectivity index (χ2v) is 9.24. The smallest absolute Gasteiger partial charge is 0.133 e. The molecule has 1 heteroatoms. The van der Waals surface area contributed by atoms with Crippen LogP contribution in [-0.4, -0.2) is 5.78 Å². The molecule has 0 aromatic carbocycles. The highest BCUT2D eigenvalue weighted by molar-refractivity contribution is 5.79. The van der Waals surface area contributed by atoms with E-state index in [2.05, 4.69) is 19.8 Å². The van der Waals surface area contributed by atoms with Crippen LogP contribution in [0.3, 0.4) is 0 Å². The lowest BCUT2D eigenvalue weighted by Gasteiger charge is -2.60. The van der Waals surface area contributed by atoms with Gasteiger partial charge in [-0.15, -0.1) is 12.3 Å². The maximum atomic E-state index is 11.9. The summed E-state index contributed by atoms with van der Waals surface area (Å²) in [6.07, 6.45) is 16.6. The van der Waals surface area contributed by atoms with Gasteiger partial charge < -0.3 is 0 Å². The van der Waals surface area contributed by atoms with Crippen molar-refractivity contribution < 1.29 is 4.79 Å². The van der Waals surface area contributed by atoms with Gasteiger partial charge in [0.25, 0.3) is 0 Å². The quantitative estimate of drug-likeness (QED) is 0.584. The molecule has 0 spiro atoms. The minimum atomic E-state index is 0.406. The number of rotatable bonds is 0. The summed E-state index contributed by atoms with van der Waals surface area (Å²) in [6.45, 7) is 5.02. The topological polar surface area (TPSA) is 17.1 Å². The Hall–Kier alpha value is -0.770. The molecule has 0 bridgehead atoms. The zero-order valence-corrected chi connectivity index (χ0v) is 14.2. The highest BCUT2D eigenvalue weighted by Gasteiger charge is 2.59. The lowest BCUT2D eigenvalue weighted by Crippen LogP contribution is -2.53. The van der Waals surface area contributed by atoms with E-state index in [0.717, 1.165) is 37.0 Å². The second-order valence-electron chi connectivity index (χ2n) is 9.24. The van der Waals surface area contributed by atoms with E-state index >= 15 is 0 Å². The molecule has 0 radical (unpaired) electrons. The van der Waals surface area contributed by atoms with Gasteiger partial charge in [-0.3, -0.25) is 4.79 Å². The van der Waals surface area contributed by atoms with Gasteiger partial charge in [-0.25, -0.2) is 0 Å². The third-order valence-electron chi connectivity index (χ3n) is 8.68. The van der Waals surface area contributed by atoms with Crippen molar-refractivity contribution in [1.29, 1.82) is 0 Å². The highest BCUT2D eigenvalue weighted by atomic mass is 16.1. The largest absolute Gasteiger partial charge is 0.300 e. The lowest BCUT2D eigenvalue weighted by molar-refractivity contribution is -0.138. The first-order chi connectivity index (χ1) is 10.5. The molecule has 0 saturated heterocycles. The Morgan fingerprint density at radius 1 is 1.00 bits per heavy atom. The van der Waals surface area contributed by atoms with E-state index in [1.807, 2.05) is 0 Å². The monoisotopic (exact) mass is 298 g/mol. The third-order valence-corrected chi connectivity index (χ3v) is 8.68. The summed E-state index contributed by atoms with van der Waals surface area (Å²) in [6, 6.07) is 0.